The summed E-state index contributed by atoms with van der Waals surface area (Å²) in [4.78, 5) is 6.98. The maximum Gasteiger partial charge on any atom is 0.243 e. The summed E-state index contributed by atoms with van der Waals surface area (Å²) >= 11 is 0. The minimum absolute atomic E-state index is 0.264. The van der Waals surface area contributed by atoms with Crippen LogP contribution < -0.4 is 5.32 Å². The number of benzene rings is 2. The lowest BCUT2D eigenvalue weighted by molar-refractivity contribution is 0.319. The van der Waals surface area contributed by atoms with Gasteiger partial charge < -0.3 is 5.32 Å². The van der Waals surface area contributed by atoms with E-state index in [1.165, 1.54) is 17.7 Å². The number of nitrogens with zero attached hydrogens (tertiary/aromatic N) is 4. The molecule has 1 saturated heterocycles. The molecule has 138 valence electrons. The minimum Gasteiger partial charge on any atom is -0.353 e. The van der Waals surface area contributed by atoms with Gasteiger partial charge in [0.05, 0.1) is 11.9 Å². The Morgan fingerprint density at radius 3 is 2.70 bits per heavy atom. The highest BCUT2D eigenvalue weighted by atomic mass is 19.1. The molecular formula is C21H22FN5. The zero-order valence-electron chi connectivity index (χ0n) is 15.1. The Balaban J connectivity index is 1.31. The summed E-state index contributed by atoms with van der Waals surface area (Å²) in [7, 11) is 0. The molecule has 0 amide bonds. The second kappa shape index (κ2) is 8.22. The van der Waals surface area contributed by atoms with Crippen molar-refractivity contribution in [2.75, 3.05) is 25.0 Å². The molecule has 1 fully saturated rings. The van der Waals surface area contributed by atoms with Gasteiger partial charge in [-0.1, -0.05) is 30.3 Å². The average molecular weight is 363 g/mol. The van der Waals surface area contributed by atoms with Crippen molar-refractivity contribution in [3.05, 3.63) is 72.2 Å². The highest BCUT2D eigenvalue weighted by molar-refractivity contribution is 5.58. The van der Waals surface area contributed by atoms with E-state index in [0.29, 0.717) is 17.6 Å². The Morgan fingerprint density at radius 1 is 1.07 bits per heavy atom. The van der Waals surface area contributed by atoms with Crippen LogP contribution in [0.3, 0.4) is 0 Å². The van der Waals surface area contributed by atoms with Gasteiger partial charge in [0, 0.05) is 25.2 Å². The van der Waals surface area contributed by atoms with Gasteiger partial charge in [0.1, 0.15) is 5.82 Å². The fourth-order valence-electron chi connectivity index (χ4n) is 3.44. The smallest absolute Gasteiger partial charge is 0.243 e. The molecular weight excluding hydrogens is 341 g/mol. The third-order valence-electron chi connectivity index (χ3n) is 4.87. The van der Waals surface area contributed by atoms with E-state index < -0.39 is 0 Å². The lowest BCUT2D eigenvalue weighted by atomic mass is 10.1. The number of rotatable bonds is 6. The first-order chi connectivity index (χ1) is 13.3. The van der Waals surface area contributed by atoms with Crippen molar-refractivity contribution >= 4 is 5.95 Å². The van der Waals surface area contributed by atoms with E-state index in [-0.39, 0.29) is 5.82 Å². The summed E-state index contributed by atoms with van der Waals surface area (Å²) in [6.45, 7) is 3.98. The summed E-state index contributed by atoms with van der Waals surface area (Å²) < 4.78 is 13.1. The van der Waals surface area contributed by atoms with Crippen LogP contribution in [0.25, 0.3) is 11.3 Å². The maximum absolute atomic E-state index is 13.1. The van der Waals surface area contributed by atoms with Crippen LogP contribution in [0.2, 0.25) is 0 Å². The van der Waals surface area contributed by atoms with Crippen LogP contribution in [0.4, 0.5) is 10.3 Å². The standard InChI is InChI=1S/C21H22FN5/c22-19-8-6-18(7-9-19)20-13-24-26-21(25-20)23-12-17-10-11-27(15-17)14-16-4-2-1-3-5-16/h1-9,13,17H,10-12,14-15H2,(H,23,25,26). The fraction of sp³-hybridized carbons (Fsp3) is 0.286. The highest BCUT2D eigenvalue weighted by Gasteiger charge is 2.22. The molecule has 1 atom stereocenters. The van der Waals surface area contributed by atoms with Gasteiger partial charge in [-0.3, -0.25) is 4.90 Å². The predicted octanol–water partition coefficient (Wildman–Crippen LogP) is 3.61. The molecule has 4 rings (SSSR count). The van der Waals surface area contributed by atoms with Gasteiger partial charge in [0.2, 0.25) is 5.95 Å². The van der Waals surface area contributed by atoms with Crippen molar-refractivity contribution in [1.29, 1.82) is 0 Å². The molecule has 1 aliphatic heterocycles. The Kier molecular flexibility index (Phi) is 5.34. The van der Waals surface area contributed by atoms with E-state index in [4.69, 9.17) is 0 Å². The van der Waals surface area contributed by atoms with E-state index >= 15 is 0 Å². The third-order valence-corrected chi connectivity index (χ3v) is 4.87. The van der Waals surface area contributed by atoms with Crippen molar-refractivity contribution in [2.45, 2.75) is 13.0 Å². The van der Waals surface area contributed by atoms with Crippen molar-refractivity contribution in [3.63, 3.8) is 0 Å². The summed E-state index contributed by atoms with van der Waals surface area (Å²) in [5.74, 6) is 0.811. The largest absolute Gasteiger partial charge is 0.353 e. The molecule has 1 aliphatic rings. The second-order valence-corrected chi connectivity index (χ2v) is 6.93. The highest BCUT2D eigenvalue weighted by Crippen LogP contribution is 2.20. The zero-order chi connectivity index (χ0) is 18.5. The molecule has 3 aromatic rings. The quantitative estimate of drug-likeness (QED) is 0.725. The van der Waals surface area contributed by atoms with Gasteiger partial charge >= 0.3 is 0 Å². The first-order valence-corrected chi connectivity index (χ1v) is 9.22. The Bertz CT molecular complexity index is 869. The number of anilines is 1. The summed E-state index contributed by atoms with van der Waals surface area (Å²) in [5, 5.41) is 11.4. The van der Waals surface area contributed by atoms with Gasteiger partial charge in [-0.05, 0) is 48.7 Å². The van der Waals surface area contributed by atoms with Gasteiger partial charge in [0.15, 0.2) is 0 Å². The number of halogens is 1. The van der Waals surface area contributed by atoms with Crippen molar-refractivity contribution in [2.24, 2.45) is 5.92 Å². The Morgan fingerprint density at radius 2 is 1.89 bits per heavy atom. The SMILES string of the molecule is Fc1ccc(-c2cnnc(NCC3CCN(Cc4ccccc4)C3)n2)cc1. The van der Waals surface area contributed by atoms with Crippen LogP contribution in [0.1, 0.15) is 12.0 Å². The van der Waals surface area contributed by atoms with Crippen LogP contribution in [0.5, 0.6) is 0 Å². The molecule has 0 aliphatic carbocycles. The lowest BCUT2D eigenvalue weighted by Crippen LogP contribution is -2.23. The van der Waals surface area contributed by atoms with Gasteiger partial charge in [-0.15, -0.1) is 5.10 Å². The van der Waals surface area contributed by atoms with Gasteiger partial charge in [-0.25, -0.2) is 9.37 Å². The molecule has 6 heteroatoms. The number of nitrogens with one attached hydrogen (secondary N) is 1. The zero-order valence-corrected chi connectivity index (χ0v) is 15.1. The Hall–Kier alpha value is -2.86. The molecule has 2 heterocycles. The molecule has 0 saturated carbocycles. The molecule has 0 radical (unpaired) electrons. The maximum atomic E-state index is 13.1. The van der Waals surface area contributed by atoms with E-state index in [0.717, 1.165) is 38.2 Å². The molecule has 0 spiro atoms. The fourth-order valence-corrected chi connectivity index (χ4v) is 3.44. The van der Waals surface area contributed by atoms with Crippen molar-refractivity contribution in [3.8, 4) is 11.3 Å². The van der Waals surface area contributed by atoms with Gasteiger partial charge in [0.25, 0.3) is 0 Å². The van der Waals surface area contributed by atoms with Crippen LogP contribution in [-0.2, 0) is 6.54 Å². The Labute approximate surface area is 158 Å². The van der Waals surface area contributed by atoms with Crippen molar-refractivity contribution < 1.29 is 4.39 Å². The van der Waals surface area contributed by atoms with E-state index in [2.05, 4.69) is 49.7 Å². The number of aromatic nitrogens is 3. The molecule has 1 N–H and O–H groups in total. The van der Waals surface area contributed by atoms with E-state index in [1.807, 2.05) is 6.07 Å². The summed E-state index contributed by atoms with van der Waals surface area (Å²) in [6.07, 6.45) is 2.75. The normalized spacial score (nSPS) is 17.1. The van der Waals surface area contributed by atoms with E-state index in [1.54, 1.807) is 18.3 Å². The first-order valence-electron chi connectivity index (χ1n) is 9.22. The van der Waals surface area contributed by atoms with Crippen LogP contribution >= 0.6 is 0 Å². The first kappa shape index (κ1) is 17.5. The van der Waals surface area contributed by atoms with Crippen LogP contribution in [-0.4, -0.2) is 39.7 Å². The summed E-state index contributed by atoms with van der Waals surface area (Å²) in [5.41, 5.74) is 2.86. The number of hydrogen-bond acceptors (Lipinski definition) is 5. The average Bonchev–Trinajstić information content (AvgIpc) is 3.15. The molecule has 1 aromatic heterocycles. The van der Waals surface area contributed by atoms with Gasteiger partial charge in [-0.2, -0.15) is 5.10 Å². The minimum atomic E-state index is -0.264. The molecule has 1 unspecified atom stereocenters. The third kappa shape index (κ3) is 4.65. The number of likely N-dealkylation sites (tertiary alicyclic amines) is 1. The monoisotopic (exact) mass is 363 g/mol. The predicted molar refractivity (Wildman–Crippen MR) is 104 cm³/mol. The lowest BCUT2D eigenvalue weighted by Gasteiger charge is -2.16. The number of hydrogen-bond donors (Lipinski definition) is 1. The molecule has 0 bridgehead atoms. The van der Waals surface area contributed by atoms with Crippen molar-refractivity contribution in [1.82, 2.24) is 20.1 Å². The second-order valence-electron chi connectivity index (χ2n) is 6.93. The molecule has 2 aromatic carbocycles. The molecule has 5 nitrogen and oxygen atoms in total. The summed E-state index contributed by atoms with van der Waals surface area (Å²) in [6, 6.07) is 16.8. The van der Waals surface area contributed by atoms with E-state index in [9.17, 15) is 4.39 Å². The molecule has 27 heavy (non-hydrogen) atoms. The van der Waals surface area contributed by atoms with Crippen LogP contribution in [0.15, 0.2) is 60.8 Å². The van der Waals surface area contributed by atoms with Crippen LogP contribution in [0, 0.1) is 11.7 Å². The topological polar surface area (TPSA) is 53.9 Å².